The number of hydrogen-bond donors (Lipinski definition) is 1. The molecular formula is C18H24FNO2. The molecule has 1 aliphatic carbocycles. The Hall–Kier alpha value is -1.42. The lowest BCUT2D eigenvalue weighted by Crippen LogP contribution is -2.54. The number of carbonyl (C=O) groups excluding carboxylic acids is 1. The number of likely N-dealkylation sites (tertiary alicyclic amines) is 1. The first kappa shape index (κ1) is 15.5. The van der Waals surface area contributed by atoms with Gasteiger partial charge in [0.15, 0.2) is 0 Å². The van der Waals surface area contributed by atoms with Crippen LogP contribution in [0, 0.1) is 25.6 Å². The number of nitrogens with zero attached hydrogens (tertiary/aromatic N) is 1. The maximum absolute atomic E-state index is 13.7. The number of piperidine rings is 1. The highest BCUT2D eigenvalue weighted by Crippen LogP contribution is 2.40. The molecule has 1 heterocycles. The van der Waals surface area contributed by atoms with Crippen molar-refractivity contribution in [1.82, 2.24) is 4.90 Å². The molecule has 2 aliphatic rings. The van der Waals surface area contributed by atoms with Crippen LogP contribution in [0.2, 0.25) is 0 Å². The van der Waals surface area contributed by atoms with Gasteiger partial charge in [0.2, 0.25) is 0 Å². The zero-order valence-corrected chi connectivity index (χ0v) is 13.4. The molecule has 1 amide bonds. The van der Waals surface area contributed by atoms with Crippen molar-refractivity contribution in [3.05, 3.63) is 34.6 Å². The van der Waals surface area contributed by atoms with Crippen LogP contribution in [0.4, 0.5) is 4.39 Å². The van der Waals surface area contributed by atoms with E-state index in [2.05, 4.69) is 0 Å². The average molecular weight is 305 g/mol. The normalized spacial score (nSPS) is 28.4. The predicted octanol–water partition coefficient (Wildman–Crippen LogP) is 3.21. The molecule has 0 aromatic heterocycles. The smallest absolute Gasteiger partial charge is 0.253 e. The molecule has 0 spiro atoms. The fourth-order valence-electron chi connectivity index (χ4n) is 4.01. The van der Waals surface area contributed by atoms with E-state index >= 15 is 0 Å². The van der Waals surface area contributed by atoms with Crippen molar-refractivity contribution in [2.75, 3.05) is 13.1 Å². The van der Waals surface area contributed by atoms with Gasteiger partial charge in [-0.2, -0.15) is 0 Å². The van der Waals surface area contributed by atoms with Crippen molar-refractivity contribution in [3.63, 3.8) is 0 Å². The summed E-state index contributed by atoms with van der Waals surface area (Å²) in [5, 5.41) is 10.7. The lowest BCUT2D eigenvalue weighted by atomic mass is 9.71. The molecule has 3 rings (SSSR count). The number of halogens is 1. The molecule has 1 aromatic rings. The van der Waals surface area contributed by atoms with Crippen LogP contribution >= 0.6 is 0 Å². The highest BCUT2D eigenvalue weighted by Gasteiger charge is 2.43. The number of benzene rings is 1. The predicted molar refractivity (Wildman–Crippen MR) is 83.3 cm³/mol. The van der Waals surface area contributed by atoms with E-state index in [1.165, 1.54) is 0 Å². The summed E-state index contributed by atoms with van der Waals surface area (Å²) >= 11 is 0. The minimum atomic E-state index is -0.580. The van der Waals surface area contributed by atoms with Gasteiger partial charge in [-0.15, -0.1) is 0 Å². The Morgan fingerprint density at radius 3 is 2.64 bits per heavy atom. The van der Waals surface area contributed by atoms with Crippen molar-refractivity contribution >= 4 is 5.91 Å². The van der Waals surface area contributed by atoms with Gasteiger partial charge in [-0.3, -0.25) is 4.79 Å². The first-order valence-electron chi connectivity index (χ1n) is 8.19. The number of amides is 1. The maximum atomic E-state index is 13.7. The minimum absolute atomic E-state index is 0.0428. The van der Waals surface area contributed by atoms with Gasteiger partial charge in [0.25, 0.3) is 5.91 Å². The first-order valence-corrected chi connectivity index (χ1v) is 8.19. The van der Waals surface area contributed by atoms with Gasteiger partial charge in [-0.25, -0.2) is 4.39 Å². The quantitative estimate of drug-likeness (QED) is 0.865. The minimum Gasteiger partial charge on any atom is -0.389 e. The molecule has 0 bridgehead atoms. The molecule has 2 fully saturated rings. The Kier molecular flexibility index (Phi) is 3.98. The van der Waals surface area contributed by atoms with Crippen LogP contribution in [0.5, 0.6) is 0 Å². The van der Waals surface area contributed by atoms with Crippen molar-refractivity contribution in [3.8, 4) is 0 Å². The second-order valence-electron chi connectivity index (χ2n) is 6.97. The van der Waals surface area contributed by atoms with E-state index in [0.29, 0.717) is 36.2 Å². The highest BCUT2D eigenvalue weighted by atomic mass is 19.1. The second-order valence-corrected chi connectivity index (χ2v) is 6.97. The monoisotopic (exact) mass is 305 g/mol. The summed E-state index contributed by atoms with van der Waals surface area (Å²) in [6.45, 7) is 4.58. The summed E-state index contributed by atoms with van der Waals surface area (Å²) in [4.78, 5) is 14.5. The summed E-state index contributed by atoms with van der Waals surface area (Å²) in [5.74, 6) is -0.0998. The number of fused-ring (bicyclic) bond motifs is 1. The Labute approximate surface area is 131 Å². The average Bonchev–Trinajstić information content (AvgIpc) is 2.50. The van der Waals surface area contributed by atoms with Crippen molar-refractivity contribution < 1.29 is 14.3 Å². The van der Waals surface area contributed by atoms with Gasteiger partial charge in [0.1, 0.15) is 5.82 Å². The maximum Gasteiger partial charge on any atom is 0.253 e. The van der Waals surface area contributed by atoms with Crippen molar-refractivity contribution in [2.24, 2.45) is 5.92 Å². The van der Waals surface area contributed by atoms with E-state index in [-0.39, 0.29) is 17.6 Å². The van der Waals surface area contributed by atoms with E-state index in [1.807, 2.05) is 4.90 Å². The summed E-state index contributed by atoms with van der Waals surface area (Å²) in [5.41, 5.74) is 0.991. The Morgan fingerprint density at radius 1 is 1.27 bits per heavy atom. The number of aliphatic hydroxyl groups is 1. The molecule has 0 radical (unpaired) electrons. The molecule has 3 nitrogen and oxygen atoms in total. The lowest BCUT2D eigenvalue weighted by Gasteiger charge is -2.47. The molecule has 1 N–H and O–H groups in total. The van der Waals surface area contributed by atoms with Crippen LogP contribution in [0.15, 0.2) is 12.1 Å². The lowest BCUT2D eigenvalue weighted by molar-refractivity contribution is -0.0886. The van der Waals surface area contributed by atoms with E-state index in [9.17, 15) is 14.3 Å². The third-order valence-corrected chi connectivity index (χ3v) is 5.40. The largest absolute Gasteiger partial charge is 0.389 e. The molecule has 1 aliphatic heterocycles. The Morgan fingerprint density at radius 2 is 1.95 bits per heavy atom. The number of carbonyl (C=O) groups is 1. The summed E-state index contributed by atoms with van der Waals surface area (Å²) in [7, 11) is 0. The van der Waals surface area contributed by atoms with E-state index in [4.69, 9.17) is 0 Å². The molecule has 120 valence electrons. The topological polar surface area (TPSA) is 40.5 Å². The van der Waals surface area contributed by atoms with Gasteiger partial charge in [-0.1, -0.05) is 12.8 Å². The zero-order chi connectivity index (χ0) is 15.9. The molecule has 1 aromatic carbocycles. The summed E-state index contributed by atoms with van der Waals surface area (Å²) < 4.78 is 13.7. The Balaban J connectivity index is 1.79. The van der Waals surface area contributed by atoms with Crippen LogP contribution < -0.4 is 0 Å². The van der Waals surface area contributed by atoms with Gasteiger partial charge in [-0.05, 0) is 56.4 Å². The van der Waals surface area contributed by atoms with Crippen molar-refractivity contribution in [2.45, 2.75) is 51.6 Å². The van der Waals surface area contributed by atoms with Gasteiger partial charge >= 0.3 is 0 Å². The molecular weight excluding hydrogens is 281 g/mol. The van der Waals surface area contributed by atoms with Crippen LogP contribution in [0.25, 0.3) is 0 Å². The van der Waals surface area contributed by atoms with E-state index in [1.54, 1.807) is 26.0 Å². The van der Waals surface area contributed by atoms with Gasteiger partial charge < -0.3 is 10.0 Å². The third kappa shape index (κ3) is 2.65. The number of aryl methyl sites for hydroxylation is 2. The number of rotatable bonds is 1. The fraction of sp³-hybridized carbons (Fsp3) is 0.611. The van der Waals surface area contributed by atoms with Gasteiger partial charge in [0, 0.05) is 24.6 Å². The molecule has 22 heavy (non-hydrogen) atoms. The first-order chi connectivity index (χ1) is 10.4. The van der Waals surface area contributed by atoms with Crippen LogP contribution in [-0.4, -0.2) is 34.6 Å². The molecule has 2 atom stereocenters. The molecule has 4 heteroatoms. The highest BCUT2D eigenvalue weighted by molar-refractivity contribution is 5.94. The third-order valence-electron chi connectivity index (χ3n) is 5.40. The SMILES string of the molecule is Cc1cc(C(=O)N2CCC3(O)CCCCC3C2)cc(C)c1F. The van der Waals surface area contributed by atoms with Crippen LogP contribution in [-0.2, 0) is 0 Å². The van der Waals surface area contributed by atoms with Gasteiger partial charge in [0.05, 0.1) is 5.60 Å². The standard InChI is InChI=1S/C18H24FNO2/c1-12-9-14(10-13(2)16(12)19)17(21)20-8-7-18(22)6-4-3-5-15(18)11-20/h9-10,15,22H,3-8,11H2,1-2H3. The van der Waals surface area contributed by atoms with Crippen molar-refractivity contribution in [1.29, 1.82) is 0 Å². The van der Waals surface area contributed by atoms with E-state index in [0.717, 1.165) is 25.7 Å². The molecule has 1 saturated carbocycles. The summed E-state index contributed by atoms with van der Waals surface area (Å²) in [6, 6.07) is 3.26. The Bertz CT molecular complexity index is 578. The molecule has 1 saturated heterocycles. The molecule has 2 unspecified atom stereocenters. The summed E-state index contributed by atoms with van der Waals surface area (Å²) in [6.07, 6.45) is 4.71. The van der Waals surface area contributed by atoms with Crippen LogP contribution in [0.3, 0.4) is 0 Å². The van der Waals surface area contributed by atoms with E-state index < -0.39 is 5.60 Å². The van der Waals surface area contributed by atoms with Crippen LogP contribution in [0.1, 0.15) is 53.6 Å². The number of hydrogen-bond acceptors (Lipinski definition) is 2. The zero-order valence-electron chi connectivity index (χ0n) is 13.4. The fourth-order valence-corrected chi connectivity index (χ4v) is 4.01. The second kappa shape index (κ2) is 5.65.